The fourth-order valence-corrected chi connectivity index (χ4v) is 2.99. The summed E-state index contributed by atoms with van der Waals surface area (Å²) in [7, 11) is 4.12. The average molecular weight is 276 g/mol. The summed E-state index contributed by atoms with van der Waals surface area (Å²) in [6, 6.07) is 1.89. The quantitative estimate of drug-likeness (QED) is 0.771. The lowest BCUT2D eigenvalue weighted by Crippen LogP contribution is -2.13. The van der Waals surface area contributed by atoms with Crippen LogP contribution in [0.4, 0.5) is 0 Å². The lowest BCUT2D eigenvalue weighted by Gasteiger charge is -2.07. The highest BCUT2D eigenvalue weighted by molar-refractivity contribution is 9.11. The van der Waals surface area contributed by atoms with Gasteiger partial charge in [0.2, 0.25) is 0 Å². The first-order valence-corrected chi connectivity index (χ1v) is 6.12. The molecule has 0 aliphatic heterocycles. The Bertz CT molecular complexity index is 309. The van der Waals surface area contributed by atoms with Gasteiger partial charge in [0, 0.05) is 10.4 Å². The molecule has 0 N–H and O–H groups in total. The van der Waals surface area contributed by atoms with Crippen molar-refractivity contribution in [3.63, 3.8) is 0 Å². The van der Waals surface area contributed by atoms with Crippen LogP contribution in [0.25, 0.3) is 0 Å². The van der Waals surface area contributed by atoms with E-state index in [1.54, 1.807) is 11.3 Å². The summed E-state index contributed by atoms with van der Waals surface area (Å²) >= 11 is 5.05. The lowest BCUT2D eigenvalue weighted by atomic mass is 10.2. The fourth-order valence-electron chi connectivity index (χ4n) is 1.26. The van der Waals surface area contributed by atoms with Gasteiger partial charge >= 0.3 is 0 Å². The number of carbonyl (C=O) groups excluding carboxylic acids is 1. The van der Waals surface area contributed by atoms with Crippen molar-refractivity contribution < 1.29 is 4.79 Å². The Balaban J connectivity index is 2.53. The van der Waals surface area contributed by atoms with Gasteiger partial charge in [-0.15, -0.1) is 11.3 Å². The molecule has 0 radical (unpaired) electrons. The highest BCUT2D eigenvalue weighted by Gasteiger charge is 2.06. The van der Waals surface area contributed by atoms with E-state index in [1.807, 2.05) is 6.07 Å². The molecule has 0 unspecified atom stereocenters. The summed E-state index contributed by atoms with van der Waals surface area (Å²) in [5.41, 5.74) is 0.834. The second kappa shape index (κ2) is 5.63. The second-order valence-corrected chi connectivity index (χ2v) is 5.97. The van der Waals surface area contributed by atoms with Crippen LogP contribution in [0.5, 0.6) is 0 Å². The Kier molecular flexibility index (Phi) is 4.78. The molecule has 0 aliphatic carbocycles. The van der Waals surface area contributed by atoms with Crippen LogP contribution < -0.4 is 0 Å². The Morgan fingerprint density at radius 2 is 2.29 bits per heavy atom. The number of aldehydes is 1. The predicted octanol–water partition coefficient (Wildman–Crippen LogP) is 2.82. The molecule has 1 rings (SSSR count). The third-order valence-corrected chi connectivity index (χ3v) is 3.66. The summed E-state index contributed by atoms with van der Waals surface area (Å²) in [5, 5.41) is 0. The maximum absolute atomic E-state index is 10.7. The van der Waals surface area contributed by atoms with E-state index in [-0.39, 0.29) is 0 Å². The van der Waals surface area contributed by atoms with E-state index in [9.17, 15) is 4.79 Å². The largest absolute Gasteiger partial charge is 0.309 e. The molecule has 0 aliphatic rings. The van der Waals surface area contributed by atoms with Crippen LogP contribution >= 0.6 is 27.3 Å². The minimum atomic E-state index is 0.834. The molecule has 0 fully saturated rings. The zero-order chi connectivity index (χ0) is 10.6. The first-order chi connectivity index (χ1) is 6.63. The molecule has 78 valence electrons. The van der Waals surface area contributed by atoms with Gasteiger partial charge in [0.05, 0.1) is 3.79 Å². The third kappa shape index (κ3) is 3.52. The first-order valence-electron chi connectivity index (χ1n) is 4.51. The van der Waals surface area contributed by atoms with Crippen LogP contribution in [0.3, 0.4) is 0 Å². The smallest absolute Gasteiger partial charge is 0.151 e. The number of aryl methyl sites for hydroxylation is 1. The van der Waals surface area contributed by atoms with Gasteiger partial charge in [-0.25, -0.2) is 0 Å². The molecule has 0 saturated heterocycles. The maximum atomic E-state index is 10.7. The normalized spacial score (nSPS) is 10.9. The van der Waals surface area contributed by atoms with E-state index in [1.165, 1.54) is 4.88 Å². The molecule has 0 spiro atoms. The van der Waals surface area contributed by atoms with Crippen LogP contribution in [0.1, 0.15) is 21.7 Å². The van der Waals surface area contributed by atoms with Crippen LogP contribution in [0.15, 0.2) is 9.85 Å². The molecule has 0 aromatic carbocycles. The summed E-state index contributed by atoms with van der Waals surface area (Å²) in [6.07, 6.45) is 3.02. The second-order valence-electron chi connectivity index (χ2n) is 3.45. The zero-order valence-electron chi connectivity index (χ0n) is 8.42. The van der Waals surface area contributed by atoms with Gasteiger partial charge in [-0.2, -0.15) is 0 Å². The number of thiophene rings is 1. The van der Waals surface area contributed by atoms with Gasteiger partial charge in [-0.05, 0) is 55.5 Å². The minimum absolute atomic E-state index is 0.834. The van der Waals surface area contributed by atoms with E-state index in [0.29, 0.717) is 0 Å². The van der Waals surface area contributed by atoms with Crippen LogP contribution in [-0.2, 0) is 6.42 Å². The molecule has 1 aromatic rings. The van der Waals surface area contributed by atoms with Gasteiger partial charge in [0.1, 0.15) is 0 Å². The summed E-state index contributed by atoms with van der Waals surface area (Å²) < 4.78 is 1.04. The van der Waals surface area contributed by atoms with Crippen molar-refractivity contribution in [1.29, 1.82) is 0 Å². The van der Waals surface area contributed by atoms with Gasteiger partial charge in [-0.3, -0.25) is 4.79 Å². The molecule has 0 bridgehead atoms. The molecule has 0 atom stereocenters. The van der Waals surface area contributed by atoms with Crippen molar-refractivity contribution in [2.75, 3.05) is 20.6 Å². The van der Waals surface area contributed by atoms with Crippen LogP contribution in [-0.4, -0.2) is 31.8 Å². The maximum Gasteiger partial charge on any atom is 0.151 e. The van der Waals surface area contributed by atoms with Crippen molar-refractivity contribution >= 4 is 33.6 Å². The van der Waals surface area contributed by atoms with E-state index < -0.39 is 0 Å². The Labute approximate surface area is 97.1 Å². The van der Waals surface area contributed by atoms with E-state index in [2.05, 4.69) is 34.9 Å². The van der Waals surface area contributed by atoms with Crippen molar-refractivity contribution in [1.82, 2.24) is 4.90 Å². The Morgan fingerprint density at radius 1 is 1.57 bits per heavy atom. The first kappa shape index (κ1) is 11.9. The number of hydrogen-bond acceptors (Lipinski definition) is 3. The molecule has 1 aromatic heterocycles. The van der Waals surface area contributed by atoms with Gasteiger partial charge in [0.15, 0.2) is 6.29 Å². The molecule has 0 saturated carbocycles. The number of rotatable bonds is 5. The topological polar surface area (TPSA) is 20.3 Å². The highest BCUT2D eigenvalue weighted by Crippen LogP contribution is 2.27. The van der Waals surface area contributed by atoms with E-state index in [4.69, 9.17) is 0 Å². The standard InChI is InChI=1S/C10H14BrNOS/c1-12(2)5-3-4-9-8(7-13)6-10(11)14-9/h6-7H,3-5H2,1-2H3. The molecule has 1 heterocycles. The van der Waals surface area contributed by atoms with Crippen molar-refractivity contribution in [2.45, 2.75) is 12.8 Å². The van der Waals surface area contributed by atoms with Crippen LogP contribution in [0.2, 0.25) is 0 Å². The summed E-state index contributed by atoms with van der Waals surface area (Å²) in [4.78, 5) is 14.1. The number of carbonyl (C=O) groups is 1. The minimum Gasteiger partial charge on any atom is -0.309 e. The van der Waals surface area contributed by atoms with E-state index >= 15 is 0 Å². The summed E-state index contributed by atoms with van der Waals surface area (Å²) in [5.74, 6) is 0. The Hall–Kier alpha value is -0.190. The monoisotopic (exact) mass is 275 g/mol. The summed E-state index contributed by atoms with van der Waals surface area (Å²) in [6.45, 7) is 1.06. The van der Waals surface area contributed by atoms with Crippen molar-refractivity contribution in [3.8, 4) is 0 Å². The third-order valence-electron chi connectivity index (χ3n) is 1.95. The number of halogens is 1. The lowest BCUT2D eigenvalue weighted by molar-refractivity contribution is 0.112. The molecule has 2 nitrogen and oxygen atoms in total. The van der Waals surface area contributed by atoms with Crippen molar-refractivity contribution in [3.05, 3.63) is 20.3 Å². The van der Waals surface area contributed by atoms with Gasteiger partial charge < -0.3 is 4.90 Å². The number of nitrogens with zero attached hydrogens (tertiary/aromatic N) is 1. The fraction of sp³-hybridized carbons (Fsp3) is 0.500. The van der Waals surface area contributed by atoms with Crippen LogP contribution in [0, 0.1) is 0 Å². The molecule has 14 heavy (non-hydrogen) atoms. The highest BCUT2D eigenvalue weighted by atomic mass is 79.9. The Morgan fingerprint density at radius 3 is 2.86 bits per heavy atom. The van der Waals surface area contributed by atoms with Gasteiger partial charge in [0.25, 0.3) is 0 Å². The molecular weight excluding hydrogens is 262 g/mol. The molecular formula is C10H14BrNOS. The van der Waals surface area contributed by atoms with E-state index in [0.717, 1.165) is 35.0 Å². The number of hydrogen-bond donors (Lipinski definition) is 0. The predicted molar refractivity (Wildman–Crippen MR) is 64.3 cm³/mol. The average Bonchev–Trinajstić information content (AvgIpc) is 2.45. The van der Waals surface area contributed by atoms with Gasteiger partial charge in [-0.1, -0.05) is 0 Å². The SMILES string of the molecule is CN(C)CCCc1sc(Br)cc1C=O. The molecule has 0 amide bonds. The van der Waals surface area contributed by atoms with Crippen molar-refractivity contribution in [2.24, 2.45) is 0 Å². The molecule has 4 heteroatoms. The zero-order valence-corrected chi connectivity index (χ0v) is 10.8.